The van der Waals surface area contributed by atoms with Crippen LogP contribution in [0, 0.1) is 0 Å². The Morgan fingerprint density at radius 1 is 1.35 bits per heavy atom. The predicted molar refractivity (Wildman–Crippen MR) is 73.9 cm³/mol. The summed E-state index contributed by atoms with van der Waals surface area (Å²) >= 11 is 0. The third-order valence-corrected chi connectivity index (χ3v) is 4.98. The number of amides is 2. The van der Waals surface area contributed by atoms with Gasteiger partial charge in [-0.15, -0.1) is 0 Å². The third kappa shape index (κ3) is 5.87. The number of rotatable bonds is 7. The van der Waals surface area contributed by atoms with Crippen molar-refractivity contribution in [3.05, 3.63) is 0 Å². The molecule has 7 nitrogen and oxygen atoms in total. The van der Waals surface area contributed by atoms with Gasteiger partial charge in [-0.05, 0) is 6.42 Å². The van der Waals surface area contributed by atoms with Gasteiger partial charge in [-0.1, -0.05) is 0 Å². The van der Waals surface area contributed by atoms with Crippen molar-refractivity contribution in [1.29, 1.82) is 0 Å². The van der Waals surface area contributed by atoms with Crippen molar-refractivity contribution in [3.63, 3.8) is 0 Å². The summed E-state index contributed by atoms with van der Waals surface area (Å²) in [5, 5.41) is 2.70. The summed E-state index contributed by atoms with van der Waals surface area (Å²) in [4.78, 5) is 24.6. The Hall–Kier alpha value is -1.15. The van der Waals surface area contributed by atoms with Crippen molar-refractivity contribution < 1.29 is 22.7 Å². The molecule has 1 N–H and O–H groups in total. The highest BCUT2D eigenvalue weighted by atomic mass is 32.2. The minimum atomic E-state index is -2.99. The Morgan fingerprint density at radius 3 is 2.55 bits per heavy atom. The first-order valence-electron chi connectivity index (χ1n) is 6.58. The smallest absolute Gasteiger partial charge is 0.222 e. The summed E-state index contributed by atoms with van der Waals surface area (Å²) in [5.74, 6) is -0.196. The van der Waals surface area contributed by atoms with Gasteiger partial charge in [0.15, 0.2) is 9.84 Å². The van der Waals surface area contributed by atoms with Crippen molar-refractivity contribution >= 4 is 21.7 Å². The molecule has 0 aromatic heterocycles. The molecule has 2 amide bonds. The van der Waals surface area contributed by atoms with Crippen molar-refractivity contribution in [2.24, 2.45) is 0 Å². The third-order valence-electron chi connectivity index (χ3n) is 3.22. The summed E-state index contributed by atoms with van der Waals surface area (Å²) in [6, 6.07) is -0.294. The first-order valence-corrected chi connectivity index (χ1v) is 8.40. The summed E-state index contributed by atoms with van der Waals surface area (Å²) in [6.45, 7) is 2.61. The van der Waals surface area contributed by atoms with Crippen LogP contribution < -0.4 is 5.32 Å². The first-order chi connectivity index (χ1) is 9.34. The Kier molecular flexibility index (Phi) is 6.41. The van der Waals surface area contributed by atoms with E-state index in [0.29, 0.717) is 26.1 Å². The van der Waals surface area contributed by atoms with Crippen LogP contribution in [0.25, 0.3) is 0 Å². The number of ether oxygens (including phenoxy) is 1. The molecule has 0 aliphatic carbocycles. The molecular formula is C12H22N2O5S. The molecule has 0 radical (unpaired) electrons. The lowest BCUT2D eigenvalue weighted by Crippen LogP contribution is -2.39. The molecule has 0 saturated carbocycles. The molecule has 116 valence electrons. The molecular weight excluding hydrogens is 284 g/mol. The zero-order valence-corrected chi connectivity index (χ0v) is 12.7. The fourth-order valence-electron chi connectivity index (χ4n) is 2.07. The number of hydrogen-bond donors (Lipinski definition) is 1. The van der Waals surface area contributed by atoms with Crippen LogP contribution in [0.3, 0.4) is 0 Å². The van der Waals surface area contributed by atoms with Gasteiger partial charge in [0, 0.05) is 39.6 Å². The number of nitrogens with one attached hydrogen (secondary N) is 1. The standard InChI is InChI=1S/C12H22N2O5S/c1-10(15)14(6-7-19-2)5-3-12(16)13-11-4-8-20(17,18)9-11/h11H,3-9H2,1-2H3,(H,13,16). The van der Waals surface area contributed by atoms with Crippen molar-refractivity contribution in [1.82, 2.24) is 10.2 Å². The van der Waals surface area contributed by atoms with E-state index in [9.17, 15) is 18.0 Å². The van der Waals surface area contributed by atoms with Gasteiger partial charge in [-0.25, -0.2) is 8.42 Å². The number of sulfone groups is 1. The minimum Gasteiger partial charge on any atom is -0.383 e. The zero-order chi connectivity index (χ0) is 15.2. The van der Waals surface area contributed by atoms with Gasteiger partial charge < -0.3 is 15.0 Å². The lowest BCUT2D eigenvalue weighted by Gasteiger charge is -2.20. The SMILES string of the molecule is COCCN(CCC(=O)NC1CCS(=O)(=O)C1)C(C)=O. The Balaban J connectivity index is 2.33. The van der Waals surface area contributed by atoms with Gasteiger partial charge in [-0.3, -0.25) is 9.59 Å². The van der Waals surface area contributed by atoms with Gasteiger partial charge in [0.25, 0.3) is 0 Å². The van der Waals surface area contributed by atoms with E-state index in [4.69, 9.17) is 4.74 Å². The number of nitrogens with zero attached hydrogens (tertiary/aromatic N) is 1. The summed E-state index contributed by atoms with van der Waals surface area (Å²) in [7, 11) is -1.45. The van der Waals surface area contributed by atoms with Crippen LogP contribution in [0.4, 0.5) is 0 Å². The molecule has 1 atom stereocenters. The molecule has 1 aliphatic heterocycles. The lowest BCUT2D eigenvalue weighted by molar-refractivity contribution is -0.130. The maximum Gasteiger partial charge on any atom is 0.222 e. The molecule has 1 rings (SSSR count). The van der Waals surface area contributed by atoms with Crippen LogP contribution in [-0.4, -0.2) is 69.5 Å². The molecule has 1 fully saturated rings. The van der Waals surface area contributed by atoms with Gasteiger partial charge in [0.1, 0.15) is 0 Å². The van der Waals surface area contributed by atoms with Crippen LogP contribution in [0.5, 0.6) is 0 Å². The molecule has 1 saturated heterocycles. The normalized spacial score (nSPS) is 20.6. The molecule has 1 aliphatic rings. The average Bonchev–Trinajstić information content (AvgIpc) is 2.68. The maximum atomic E-state index is 11.7. The van der Waals surface area contributed by atoms with Crippen molar-refractivity contribution in [3.8, 4) is 0 Å². The molecule has 1 unspecified atom stereocenters. The van der Waals surface area contributed by atoms with Crippen LogP contribution in [-0.2, 0) is 24.2 Å². The summed E-state index contributed by atoms with van der Waals surface area (Å²) < 4.78 is 27.5. The number of methoxy groups -OCH3 is 1. The minimum absolute atomic E-state index is 0.0127. The van der Waals surface area contributed by atoms with E-state index in [2.05, 4.69) is 5.32 Å². The molecule has 0 bridgehead atoms. The monoisotopic (exact) mass is 306 g/mol. The van der Waals surface area contributed by atoms with Crippen LogP contribution in [0.2, 0.25) is 0 Å². The Labute approximate surface area is 119 Å². The highest BCUT2D eigenvalue weighted by Gasteiger charge is 2.28. The van der Waals surface area contributed by atoms with E-state index in [1.165, 1.54) is 11.8 Å². The molecule has 20 heavy (non-hydrogen) atoms. The maximum absolute atomic E-state index is 11.7. The topological polar surface area (TPSA) is 92.8 Å². The summed E-state index contributed by atoms with van der Waals surface area (Å²) in [5.41, 5.74) is 0. The Bertz CT molecular complexity index is 449. The molecule has 0 aromatic carbocycles. The number of carbonyl (C=O) groups is 2. The number of hydrogen-bond acceptors (Lipinski definition) is 5. The van der Waals surface area contributed by atoms with Gasteiger partial charge >= 0.3 is 0 Å². The fourth-order valence-corrected chi connectivity index (χ4v) is 3.75. The summed E-state index contributed by atoms with van der Waals surface area (Å²) in [6.07, 6.45) is 0.633. The molecule has 0 aromatic rings. The first kappa shape index (κ1) is 16.9. The molecule has 0 spiro atoms. The Morgan fingerprint density at radius 2 is 2.05 bits per heavy atom. The second-order valence-electron chi connectivity index (χ2n) is 4.92. The second kappa shape index (κ2) is 7.58. The van der Waals surface area contributed by atoms with Gasteiger partial charge in [0.05, 0.1) is 18.1 Å². The molecule has 1 heterocycles. The highest BCUT2D eigenvalue weighted by molar-refractivity contribution is 7.91. The predicted octanol–water partition coefficient (Wildman–Crippen LogP) is -0.825. The highest BCUT2D eigenvalue weighted by Crippen LogP contribution is 2.11. The second-order valence-corrected chi connectivity index (χ2v) is 7.15. The lowest BCUT2D eigenvalue weighted by atomic mass is 10.2. The van der Waals surface area contributed by atoms with E-state index in [1.807, 2.05) is 0 Å². The van der Waals surface area contributed by atoms with Crippen LogP contribution in [0.15, 0.2) is 0 Å². The average molecular weight is 306 g/mol. The van der Waals surface area contributed by atoms with E-state index >= 15 is 0 Å². The fraction of sp³-hybridized carbons (Fsp3) is 0.833. The van der Waals surface area contributed by atoms with Crippen LogP contribution in [0.1, 0.15) is 19.8 Å². The quantitative estimate of drug-likeness (QED) is 0.663. The van der Waals surface area contributed by atoms with E-state index in [-0.39, 0.29) is 35.8 Å². The van der Waals surface area contributed by atoms with E-state index in [0.717, 1.165) is 0 Å². The van der Waals surface area contributed by atoms with Crippen LogP contribution >= 0.6 is 0 Å². The molecule has 8 heteroatoms. The zero-order valence-electron chi connectivity index (χ0n) is 11.9. The van der Waals surface area contributed by atoms with Crippen molar-refractivity contribution in [2.75, 3.05) is 38.3 Å². The van der Waals surface area contributed by atoms with E-state index < -0.39 is 9.84 Å². The van der Waals surface area contributed by atoms with Gasteiger partial charge in [0.2, 0.25) is 11.8 Å². The number of carbonyl (C=O) groups excluding carboxylic acids is 2. The van der Waals surface area contributed by atoms with Gasteiger partial charge in [-0.2, -0.15) is 0 Å². The van der Waals surface area contributed by atoms with E-state index in [1.54, 1.807) is 7.11 Å². The van der Waals surface area contributed by atoms with Crippen molar-refractivity contribution in [2.45, 2.75) is 25.8 Å². The largest absolute Gasteiger partial charge is 0.383 e.